The summed E-state index contributed by atoms with van der Waals surface area (Å²) in [6.07, 6.45) is 5.72. The molecule has 0 aliphatic rings. The molecular formula is C22H22N2O4S2. The van der Waals surface area contributed by atoms with E-state index in [0.29, 0.717) is 10.6 Å². The Labute approximate surface area is 179 Å². The number of rotatable bonds is 7. The number of fused-ring (bicyclic) bond motifs is 1. The molecule has 1 amide bonds. The van der Waals surface area contributed by atoms with Crippen LogP contribution in [-0.4, -0.2) is 31.8 Å². The summed E-state index contributed by atoms with van der Waals surface area (Å²) >= 11 is 1.34. The zero-order chi connectivity index (χ0) is 21.7. The SMILES string of the molecule is C#CCn1c(=NC(=O)CCCS(=O)(=O)c2ccc(C)cc2)sc2cc(OC)ccc21. The lowest BCUT2D eigenvalue weighted by Gasteiger charge is -2.04. The predicted octanol–water partition coefficient (Wildman–Crippen LogP) is 3.33. The highest BCUT2D eigenvalue weighted by atomic mass is 32.2. The van der Waals surface area contributed by atoms with E-state index in [1.165, 1.54) is 11.3 Å². The molecule has 30 heavy (non-hydrogen) atoms. The van der Waals surface area contributed by atoms with Crippen LogP contribution in [0.1, 0.15) is 18.4 Å². The second kappa shape index (κ2) is 9.28. The van der Waals surface area contributed by atoms with Gasteiger partial charge in [0.25, 0.3) is 0 Å². The van der Waals surface area contributed by atoms with Crippen LogP contribution in [-0.2, 0) is 21.2 Å². The van der Waals surface area contributed by atoms with E-state index >= 15 is 0 Å². The van der Waals surface area contributed by atoms with E-state index < -0.39 is 9.84 Å². The highest BCUT2D eigenvalue weighted by molar-refractivity contribution is 7.91. The second-order valence-corrected chi connectivity index (χ2v) is 9.87. The number of aromatic nitrogens is 1. The van der Waals surface area contributed by atoms with Gasteiger partial charge in [-0.2, -0.15) is 4.99 Å². The van der Waals surface area contributed by atoms with Gasteiger partial charge in [0.1, 0.15) is 5.75 Å². The number of carbonyl (C=O) groups is 1. The van der Waals surface area contributed by atoms with Crippen molar-refractivity contribution in [2.75, 3.05) is 12.9 Å². The first kappa shape index (κ1) is 21.8. The number of methoxy groups -OCH3 is 1. The van der Waals surface area contributed by atoms with Gasteiger partial charge in [0.15, 0.2) is 14.6 Å². The van der Waals surface area contributed by atoms with E-state index in [1.54, 1.807) is 35.9 Å². The van der Waals surface area contributed by atoms with Crippen molar-refractivity contribution in [1.82, 2.24) is 4.57 Å². The van der Waals surface area contributed by atoms with Crippen LogP contribution in [0.3, 0.4) is 0 Å². The Kier molecular flexibility index (Phi) is 6.75. The summed E-state index contributed by atoms with van der Waals surface area (Å²) in [5.41, 5.74) is 1.86. The first-order chi connectivity index (χ1) is 14.3. The van der Waals surface area contributed by atoms with Crippen molar-refractivity contribution in [2.45, 2.75) is 31.2 Å². The maximum atomic E-state index is 12.4. The first-order valence-electron chi connectivity index (χ1n) is 9.32. The number of terminal acetylenes is 1. The van der Waals surface area contributed by atoms with E-state index in [2.05, 4.69) is 10.9 Å². The van der Waals surface area contributed by atoms with Gasteiger partial charge in [-0.1, -0.05) is 35.0 Å². The number of sulfone groups is 1. The Morgan fingerprint density at radius 2 is 1.97 bits per heavy atom. The number of nitrogens with zero attached hydrogens (tertiary/aromatic N) is 2. The van der Waals surface area contributed by atoms with Gasteiger partial charge in [-0.15, -0.1) is 6.42 Å². The third-order valence-electron chi connectivity index (χ3n) is 4.54. The molecular weight excluding hydrogens is 420 g/mol. The monoisotopic (exact) mass is 442 g/mol. The Morgan fingerprint density at radius 3 is 2.63 bits per heavy atom. The number of hydrogen-bond donors (Lipinski definition) is 0. The van der Waals surface area contributed by atoms with Crippen molar-refractivity contribution in [3.05, 3.63) is 52.8 Å². The number of thiazole rings is 1. The van der Waals surface area contributed by atoms with Crippen LogP contribution in [0, 0.1) is 19.3 Å². The fourth-order valence-electron chi connectivity index (χ4n) is 2.95. The average molecular weight is 443 g/mol. The zero-order valence-corrected chi connectivity index (χ0v) is 18.4. The van der Waals surface area contributed by atoms with Crippen LogP contribution >= 0.6 is 11.3 Å². The van der Waals surface area contributed by atoms with Crippen LogP contribution in [0.15, 0.2) is 52.4 Å². The third kappa shape index (κ3) is 4.99. The number of aryl methyl sites for hydroxylation is 1. The Balaban J connectivity index is 1.76. The van der Waals surface area contributed by atoms with E-state index in [9.17, 15) is 13.2 Å². The van der Waals surface area contributed by atoms with Gasteiger partial charge in [0.2, 0.25) is 5.91 Å². The lowest BCUT2D eigenvalue weighted by molar-refractivity contribution is -0.118. The topological polar surface area (TPSA) is 77.7 Å². The molecule has 1 heterocycles. The molecule has 3 aromatic rings. The lowest BCUT2D eigenvalue weighted by atomic mass is 10.2. The smallest absolute Gasteiger partial charge is 0.248 e. The van der Waals surface area contributed by atoms with E-state index in [1.807, 2.05) is 25.1 Å². The summed E-state index contributed by atoms with van der Waals surface area (Å²) in [7, 11) is -1.84. The van der Waals surface area contributed by atoms with Gasteiger partial charge >= 0.3 is 0 Å². The maximum absolute atomic E-state index is 12.4. The molecule has 0 saturated heterocycles. The largest absolute Gasteiger partial charge is 0.497 e. The predicted molar refractivity (Wildman–Crippen MR) is 118 cm³/mol. The number of amides is 1. The van der Waals surface area contributed by atoms with Crippen molar-refractivity contribution < 1.29 is 17.9 Å². The summed E-state index contributed by atoms with van der Waals surface area (Å²) in [4.78, 5) is 17.3. The lowest BCUT2D eigenvalue weighted by Crippen LogP contribution is -2.16. The molecule has 2 aromatic carbocycles. The second-order valence-electron chi connectivity index (χ2n) is 6.75. The molecule has 1 aromatic heterocycles. The van der Waals surface area contributed by atoms with E-state index in [4.69, 9.17) is 11.2 Å². The molecule has 6 nitrogen and oxygen atoms in total. The van der Waals surface area contributed by atoms with Gasteiger partial charge in [-0.05, 0) is 43.7 Å². The van der Waals surface area contributed by atoms with Gasteiger partial charge in [0, 0.05) is 6.42 Å². The number of ether oxygens (including phenoxy) is 1. The maximum Gasteiger partial charge on any atom is 0.248 e. The van der Waals surface area contributed by atoms with Gasteiger partial charge in [-0.25, -0.2) is 8.42 Å². The van der Waals surface area contributed by atoms with Crippen LogP contribution in [0.25, 0.3) is 10.2 Å². The molecule has 8 heteroatoms. The quantitative estimate of drug-likeness (QED) is 0.526. The molecule has 0 atom stereocenters. The standard InChI is InChI=1S/C22H22N2O4S2/c1-4-13-24-19-12-9-17(28-3)15-20(19)29-22(24)23-21(25)6-5-14-30(26,27)18-10-7-16(2)8-11-18/h1,7-12,15H,5-6,13-14H2,2-3H3. The number of benzene rings is 2. The summed E-state index contributed by atoms with van der Waals surface area (Å²) < 4.78 is 32.8. The normalized spacial score (nSPS) is 12.1. The molecule has 0 radical (unpaired) electrons. The Bertz CT molecular complexity index is 1280. The van der Waals surface area contributed by atoms with Crippen LogP contribution in [0.2, 0.25) is 0 Å². The third-order valence-corrected chi connectivity index (χ3v) is 7.40. The fraction of sp³-hybridized carbons (Fsp3) is 0.273. The minimum atomic E-state index is -3.43. The van der Waals surface area contributed by atoms with E-state index in [-0.39, 0.29) is 35.9 Å². The van der Waals surface area contributed by atoms with E-state index in [0.717, 1.165) is 15.8 Å². The van der Waals surface area contributed by atoms with Crippen molar-refractivity contribution in [3.63, 3.8) is 0 Å². The van der Waals surface area contributed by atoms with Gasteiger partial charge < -0.3 is 9.30 Å². The molecule has 0 bridgehead atoms. The summed E-state index contributed by atoms with van der Waals surface area (Å²) in [5.74, 6) is 2.80. The van der Waals surface area contributed by atoms with Crippen molar-refractivity contribution in [1.29, 1.82) is 0 Å². The molecule has 0 aliphatic heterocycles. The summed E-state index contributed by atoms with van der Waals surface area (Å²) in [6, 6.07) is 12.3. The molecule has 0 N–H and O–H groups in total. The van der Waals surface area contributed by atoms with Gasteiger partial charge in [-0.3, -0.25) is 4.79 Å². The van der Waals surface area contributed by atoms with Crippen molar-refractivity contribution in [2.24, 2.45) is 4.99 Å². The number of carbonyl (C=O) groups excluding carboxylic acids is 1. The molecule has 0 fully saturated rings. The molecule has 0 unspecified atom stereocenters. The minimum Gasteiger partial charge on any atom is -0.497 e. The van der Waals surface area contributed by atoms with Crippen LogP contribution in [0.5, 0.6) is 5.75 Å². The fourth-order valence-corrected chi connectivity index (χ4v) is 5.34. The van der Waals surface area contributed by atoms with Crippen molar-refractivity contribution >= 4 is 37.3 Å². The Morgan fingerprint density at radius 1 is 1.23 bits per heavy atom. The molecule has 3 rings (SSSR count). The molecule has 0 spiro atoms. The summed E-state index contributed by atoms with van der Waals surface area (Å²) in [5, 5.41) is 0. The highest BCUT2D eigenvalue weighted by Crippen LogP contribution is 2.23. The molecule has 156 valence electrons. The van der Waals surface area contributed by atoms with Crippen LogP contribution in [0.4, 0.5) is 0 Å². The molecule has 0 saturated carbocycles. The zero-order valence-electron chi connectivity index (χ0n) is 16.8. The van der Waals surface area contributed by atoms with Gasteiger partial charge in [0.05, 0.1) is 34.5 Å². The minimum absolute atomic E-state index is 0.0404. The number of hydrogen-bond acceptors (Lipinski definition) is 5. The molecule has 0 aliphatic carbocycles. The average Bonchev–Trinajstić information content (AvgIpc) is 3.04. The highest BCUT2D eigenvalue weighted by Gasteiger charge is 2.15. The van der Waals surface area contributed by atoms with Crippen LogP contribution < -0.4 is 9.54 Å². The Hall–Kier alpha value is -2.89. The summed E-state index contributed by atoms with van der Waals surface area (Å²) in [6.45, 7) is 2.17. The van der Waals surface area contributed by atoms with Crippen molar-refractivity contribution in [3.8, 4) is 18.1 Å². The first-order valence-corrected chi connectivity index (χ1v) is 11.8.